The van der Waals surface area contributed by atoms with Gasteiger partial charge in [0.15, 0.2) is 0 Å². The van der Waals surface area contributed by atoms with Crippen LogP contribution in [-0.2, 0) is 0 Å². The average Bonchev–Trinajstić information content (AvgIpc) is 2.59. The van der Waals surface area contributed by atoms with Crippen molar-refractivity contribution in [1.29, 1.82) is 10.5 Å². The van der Waals surface area contributed by atoms with Gasteiger partial charge in [0.2, 0.25) is 0 Å². The van der Waals surface area contributed by atoms with Crippen molar-refractivity contribution < 1.29 is 0 Å². The fourth-order valence-electron chi connectivity index (χ4n) is 2.04. The topological polar surface area (TPSA) is 50.8 Å². The lowest BCUT2D eigenvalue weighted by molar-refractivity contribution is 1.13. The Balaban J connectivity index is 2.10. The Morgan fingerprint density at radius 3 is 1.65 bits per heavy atom. The third-order valence-electron chi connectivity index (χ3n) is 3.37. The maximum absolute atomic E-state index is 8.75. The van der Waals surface area contributed by atoms with E-state index in [4.69, 9.17) is 10.5 Å². The summed E-state index contributed by atoms with van der Waals surface area (Å²) in [5.74, 6) is 0. The molecule has 0 unspecified atom stereocenters. The molecule has 0 saturated heterocycles. The van der Waals surface area contributed by atoms with Gasteiger partial charge in [-0.15, -0.1) is 0 Å². The third-order valence-corrected chi connectivity index (χ3v) is 3.37. The molecule has 2 rings (SSSR count). The second kappa shape index (κ2) is 7.64. The van der Waals surface area contributed by atoms with E-state index >= 15 is 0 Å². The summed E-state index contributed by atoms with van der Waals surface area (Å²) in [6.07, 6.45) is 5.67. The van der Waals surface area contributed by atoms with Crippen LogP contribution in [0.1, 0.15) is 16.7 Å². The summed E-state index contributed by atoms with van der Waals surface area (Å²) in [7, 11) is 4.04. The molecular weight excluding hydrogens is 282 g/mol. The van der Waals surface area contributed by atoms with Crippen molar-refractivity contribution in [2.24, 2.45) is 0 Å². The number of benzene rings is 2. The highest BCUT2D eigenvalue weighted by molar-refractivity contribution is 5.71. The van der Waals surface area contributed by atoms with Crippen molar-refractivity contribution in [3.05, 3.63) is 70.8 Å². The molecule has 0 aliphatic rings. The fraction of sp³-hybridized carbons (Fsp3) is 0.100. The van der Waals surface area contributed by atoms with Gasteiger partial charge in [-0.05, 0) is 34.9 Å². The zero-order valence-corrected chi connectivity index (χ0v) is 13.2. The van der Waals surface area contributed by atoms with Crippen LogP contribution in [0.4, 0.5) is 5.69 Å². The second-order valence-electron chi connectivity index (χ2n) is 5.27. The number of hydrogen-bond donors (Lipinski definition) is 0. The predicted octanol–water partition coefficient (Wildman–Crippen LogP) is 4.35. The lowest BCUT2D eigenvalue weighted by Crippen LogP contribution is -2.07. The average molecular weight is 299 g/mol. The number of hydrogen-bond acceptors (Lipinski definition) is 3. The molecule has 0 N–H and O–H groups in total. The predicted molar refractivity (Wildman–Crippen MR) is 95.3 cm³/mol. The molecule has 0 saturated carbocycles. The number of rotatable bonds is 4. The molecule has 23 heavy (non-hydrogen) atoms. The lowest BCUT2D eigenvalue weighted by Gasteiger charge is -2.11. The van der Waals surface area contributed by atoms with Crippen molar-refractivity contribution >= 4 is 23.9 Å². The van der Waals surface area contributed by atoms with Gasteiger partial charge in [0, 0.05) is 19.8 Å². The van der Waals surface area contributed by atoms with Gasteiger partial charge in [-0.2, -0.15) is 10.5 Å². The van der Waals surface area contributed by atoms with E-state index in [9.17, 15) is 0 Å². The van der Waals surface area contributed by atoms with E-state index < -0.39 is 0 Å². The van der Waals surface area contributed by atoms with E-state index in [0.29, 0.717) is 0 Å². The first-order valence-electron chi connectivity index (χ1n) is 7.20. The Kier molecular flexibility index (Phi) is 5.34. The molecule has 0 amide bonds. The minimum absolute atomic E-state index is 0.106. The SMILES string of the molecule is CN(C)c1ccc(/C=C/c2ccc(C=C(C#N)C#N)cc2)cc1. The maximum atomic E-state index is 8.75. The van der Waals surface area contributed by atoms with Crippen LogP contribution in [0.25, 0.3) is 18.2 Å². The van der Waals surface area contributed by atoms with Crippen molar-refractivity contribution in [3.8, 4) is 12.1 Å². The van der Waals surface area contributed by atoms with E-state index in [-0.39, 0.29) is 5.57 Å². The van der Waals surface area contributed by atoms with Gasteiger partial charge in [-0.1, -0.05) is 48.6 Å². The lowest BCUT2D eigenvalue weighted by atomic mass is 10.1. The molecule has 0 atom stereocenters. The van der Waals surface area contributed by atoms with Crippen LogP contribution in [0.15, 0.2) is 54.1 Å². The Bertz CT molecular complexity index is 780. The van der Waals surface area contributed by atoms with Gasteiger partial charge >= 0.3 is 0 Å². The first kappa shape index (κ1) is 16.1. The molecule has 2 aromatic rings. The first-order chi connectivity index (χ1) is 11.1. The van der Waals surface area contributed by atoms with Crippen LogP contribution in [0.3, 0.4) is 0 Å². The monoisotopic (exact) mass is 299 g/mol. The summed E-state index contributed by atoms with van der Waals surface area (Å²) < 4.78 is 0. The summed E-state index contributed by atoms with van der Waals surface area (Å²) >= 11 is 0. The molecule has 0 bridgehead atoms. The van der Waals surface area contributed by atoms with E-state index in [0.717, 1.165) is 16.7 Å². The number of nitrogens with zero attached hydrogens (tertiary/aromatic N) is 3. The molecule has 0 spiro atoms. The molecule has 0 aliphatic carbocycles. The van der Waals surface area contributed by atoms with E-state index in [1.165, 1.54) is 5.69 Å². The zero-order chi connectivity index (χ0) is 16.7. The normalized spacial score (nSPS) is 9.91. The highest BCUT2D eigenvalue weighted by atomic mass is 15.1. The van der Waals surface area contributed by atoms with E-state index in [1.54, 1.807) is 6.08 Å². The Hall–Kier alpha value is -3.30. The smallest absolute Gasteiger partial charge is 0.130 e. The van der Waals surface area contributed by atoms with Crippen molar-refractivity contribution in [1.82, 2.24) is 0 Å². The second-order valence-corrected chi connectivity index (χ2v) is 5.27. The molecule has 0 radical (unpaired) electrons. The van der Waals surface area contributed by atoms with Crippen LogP contribution >= 0.6 is 0 Å². The van der Waals surface area contributed by atoms with Gasteiger partial charge in [0.25, 0.3) is 0 Å². The van der Waals surface area contributed by atoms with Crippen molar-refractivity contribution in [2.45, 2.75) is 0 Å². The Morgan fingerprint density at radius 1 is 0.783 bits per heavy atom. The summed E-state index contributed by atoms with van der Waals surface area (Å²) in [5, 5.41) is 17.5. The van der Waals surface area contributed by atoms with Crippen LogP contribution in [0, 0.1) is 22.7 Å². The molecule has 112 valence electrons. The Morgan fingerprint density at radius 2 is 1.22 bits per heavy atom. The largest absolute Gasteiger partial charge is 0.378 e. The number of allylic oxidation sites excluding steroid dienone is 1. The fourth-order valence-corrected chi connectivity index (χ4v) is 2.04. The zero-order valence-electron chi connectivity index (χ0n) is 13.2. The van der Waals surface area contributed by atoms with Crippen molar-refractivity contribution in [2.75, 3.05) is 19.0 Å². The molecule has 3 heteroatoms. The van der Waals surface area contributed by atoms with Crippen LogP contribution in [-0.4, -0.2) is 14.1 Å². The van der Waals surface area contributed by atoms with E-state index in [1.807, 2.05) is 56.6 Å². The molecule has 0 aliphatic heterocycles. The van der Waals surface area contributed by atoms with Crippen LogP contribution < -0.4 is 4.90 Å². The molecule has 3 nitrogen and oxygen atoms in total. The van der Waals surface area contributed by atoms with Gasteiger partial charge in [0.05, 0.1) is 0 Å². The number of anilines is 1. The van der Waals surface area contributed by atoms with Crippen LogP contribution in [0.2, 0.25) is 0 Å². The highest BCUT2D eigenvalue weighted by Gasteiger charge is 1.95. The Labute approximate surface area is 137 Å². The summed E-state index contributed by atoms with van der Waals surface area (Å²) in [5.41, 5.74) is 4.32. The first-order valence-corrected chi connectivity index (χ1v) is 7.20. The van der Waals surface area contributed by atoms with Gasteiger partial charge in [-0.3, -0.25) is 0 Å². The number of nitriles is 2. The maximum Gasteiger partial charge on any atom is 0.130 e. The molecule has 0 heterocycles. The van der Waals surface area contributed by atoms with Gasteiger partial charge in [-0.25, -0.2) is 0 Å². The third kappa shape index (κ3) is 4.59. The highest BCUT2D eigenvalue weighted by Crippen LogP contribution is 2.15. The molecular formula is C20H17N3. The van der Waals surface area contributed by atoms with Gasteiger partial charge in [0.1, 0.15) is 17.7 Å². The van der Waals surface area contributed by atoms with Crippen LogP contribution in [0.5, 0.6) is 0 Å². The standard InChI is InChI=1S/C20H17N3/c1-23(2)20-11-9-17(10-12-20)4-3-16-5-7-18(8-6-16)13-19(14-21)15-22/h3-13H,1-2H3/b4-3+. The summed E-state index contributed by atoms with van der Waals surface area (Å²) in [6.45, 7) is 0. The van der Waals surface area contributed by atoms with E-state index in [2.05, 4.69) is 35.2 Å². The quantitative estimate of drug-likeness (QED) is 0.623. The molecule has 2 aromatic carbocycles. The summed E-state index contributed by atoms with van der Waals surface area (Å²) in [4.78, 5) is 2.07. The summed E-state index contributed by atoms with van der Waals surface area (Å²) in [6, 6.07) is 19.7. The molecule has 0 fully saturated rings. The van der Waals surface area contributed by atoms with Crippen molar-refractivity contribution in [3.63, 3.8) is 0 Å². The minimum atomic E-state index is 0.106. The molecule has 0 aromatic heterocycles. The van der Waals surface area contributed by atoms with Gasteiger partial charge < -0.3 is 4.90 Å². The minimum Gasteiger partial charge on any atom is -0.378 e.